The molecule has 0 heterocycles. The average molecular weight is 454 g/mol. The van der Waals surface area contributed by atoms with Crippen LogP contribution < -0.4 is 0 Å². The normalized spacial score (nSPS) is 13.3. The van der Waals surface area contributed by atoms with E-state index in [-0.39, 0.29) is 21.7 Å². The van der Waals surface area contributed by atoms with Crippen LogP contribution in [-0.2, 0) is 21.7 Å². The summed E-state index contributed by atoms with van der Waals surface area (Å²) >= 11 is 0. The lowest BCUT2D eigenvalue weighted by Crippen LogP contribution is -2.16. The zero-order chi connectivity index (χ0) is 25.7. The zero-order valence-electron chi connectivity index (χ0n) is 23.7. The molecule has 0 atom stereocenters. The molecule has 181 valence electrons. The van der Waals surface area contributed by atoms with Crippen molar-refractivity contribution in [1.29, 1.82) is 0 Å². The van der Waals surface area contributed by atoms with Crippen LogP contribution in [0.3, 0.4) is 0 Å². The van der Waals surface area contributed by atoms with Crippen LogP contribution in [0.4, 0.5) is 0 Å². The SMILES string of the molecule is CC(C)(C)c1cc(-c2c[c]cc(-c3cc(C(C)(C)C)cc(C(C)(C)C)c3)c2)cc(C(C)(C)C)c1. The lowest BCUT2D eigenvalue weighted by molar-refractivity contribution is 0.568. The van der Waals surface area contributed by atoms with Gasteiger partial charge >= 0.3 is 0 Å². The van der Waals surface area contributed by atoms with Crippen molar-refractivity contribution in [3.63, 3.8) is 0 Å². The highest BCUT2D eigenvalue weighted by molar-refractivity contribution is 5.75. The van der Waals surface area contributed by atoms with Gasteiger partial charge in [-0.3, -0.25) is 0 Å². The molecule has 0 aromatic heterocycles. The Bertz CT molecular complexity index is 1010. The fraction of sp³-hybridized carbons (Fsp3) is 0.471. The van der Waals surface area contributed by atoms with Gasteiger partial charge in [-0.05, 0) is 90.4 Å². The third-order valence-corrected chi connectivity index (χ3v) is 6.79. The Balaban J connectivity index is 2.21. The monoisotopic (exact) mass is 453 g/mol. The molecule has 3 aromatic carbocycles. The Morgan fingerprint density at radius 3 is 0.853 bits per heavy atom. The first-order valence-electron chi connectivity index (χ1n) is 12.7. The van der Waals surface area contributed by atoms with Crippen molar-refractivity contribution < 1.29 is 0 Å². The molecule has 0 saturated heterocycles. The van der Waals surface area contributed by atoms with Gasteiger partial charge in [0.2, 0.25) is 0 Å². The predicted molar refractivity (Wildman–Crippen MR) is 151 cm³/mol. The molecule has 34 heavy (non-hydrogen) atoms. The minimum Gasteiger partial charge on any atom is -0.0561 e. The standard InChI is InChI=1S/C34H45/c1-31(2,3)27-17-25(18-28(21-27)32(4,5)6)23-14-13-15-24(16-23)26-19-29(33(7,8)9)22-30(20-26)34(10,11)12/h14-22H,1-12H3. The molecule has 0 aliphatic heterocycles. The number of hydrogen-bond acceptors (Lipinski definition) is 0. The van der Waals surface area contributed by atoms with Gasteiger partial charge in [-0.1, -0.05) is 119 Å². The first kappa shape index (κ1) is 26.3. The summed E-state index contributed by atoms with van der Waals surface area (Å²) < 4.78 is 0. The summed E-state index contributed by atoms with van der Waals surface area (Å²) in [6, 6.07) is 24.3. The molecular weight excluding hydrogens is 408 g/mol. The van der Waals surface area contributed by atoms with E-state index in [4.69, 9.17) is 0 Å². The molecule has 0 amide bonds. The van der Waals surface area contributed by atoms with Gasteiger partial charge < -0.3 is 0 Å². The first-order chi connectivity index (χ1) is 15.4. The summed E-state index contributed by atoms with van der Waals surface area (Å²) in [7, 11) is 0. The summed E-state index contributed by atoms with van der Waals surface area (Å²) in [5.74, 6) is 0. The first-order valence-corrected chi connectivity index (χ1v) is 12.7. The second-order valence-corrected chi connectivity index (χ2v) is 14.1. The van der Waals surface area contributed by atoms with Crippen molar-refractivity contribution in [3.8, 4) is 22.3 Å². The van der Waals surface area contributed by atoms with Crippen LogP contribution in [0.15, 0.2) is 54.6 Å². The van der Waals surface area contributed by atoms with E-state index in [1.165, 1.54) is 44.5 Å². The Kier molecular flexibility index (Phi) is 6.73. The Morgan fingerprint density at radius 2 is 0.618 bits per heavy atom. The van der Waals surface area contributed by atoms with E-state index in [0.717, 1.165) is 0 Å². The molecule has 3 aromatic rings. The third kappa shape index (κ3) is 6.01. The molecule has 0 nitrogen and oxygen atoms in total. The molecule has 0 heteroatoms. The zero-order valence-corrected chi connectivity index (χ0v) is 23.7. The van der Waals surface area contributed by atoms with Crippen LogP contribution >= 0.6 is 0 Å². The number of rotatable bonds is 2. The summed E-state index contributed by atoms with van der Waals surface area (Å²) in [5, 5.41) is 0. The van der Waals surface area contributed by atoms with E-state index >= 15 is 0 Å². The summed E-state index contributed by atoms with van der Waals surface area (Å²) in [4.78, 5) is 0. The van der Waals surface area contributed by atoms with Crippen molar-refractivity contribution >= 4 is 0 Å². The highest BCUT2D eigenvalue weighted by atomic mass is 14.3. The van der Waals surface area contributed by atoms with Gasteiger partial charge in [-0.15, -0.1) is 0 Å². The van der Waals surface area contributed by atoms with E-state index in [1.807, 2.05) is 0 Å². The van der Waals surface area contributed by atoms with E-state index in [1.54, 1.807) is 0 Å². The molecule has 1 radical (unpaired) electrons. The molecule has 3 rings (SSSR count). The predicted octanol–water partition coefficient (Wildman–Crippen LogP) is 10.0. The van der Waals surface area contributed by atoms with Crippen molar-refractivity contribution in [1.82, 2.24) is 0 Å². The van der Waals surface area contributed by atoms with Crippen LogP contribution in [0.2, 0.25) is 0 Å². The number of hydrogen-bond donors (Lipinski definition) is 0. The highest BCUT2D eigenvalue weighted by Gasteiger charge is 2.23. The molecule has 0 aliphatic carbocycles. The lowest BCUT2D eigenvalue weighted by Gasteiger charge is -2.27. The molecule has 0 saturated carbocycles. The van der Waals surface area contributed by atoms with Crippen LogP contribution in [-0.4, -0.2) is 0 Å². The topological polar surface area (TPSA) is 0 Å². The van der Waals surface area contributed by atoms with Crippen LogP contribution in [0.1, 0.15) is 105 Å². The van der Waals surface area contributed by atoms with Crippen molar-refractivity contribution in [2.24, 2.45) is 0 Å². The Hall–Kier alpha value is -2.34. The Morgan fingerprint density at radius 1 is 0.353 bits per heavy atom. The van der Waals surface area contributed by atoms with Gasteiger partial charge in [-0.2, -0.15) is 0 Å². The molecule has 0 fully saturated rings. The lowest BCUT2D eigenvalue weighted by atomic mass is 9.78. The van der Waals surface area contributed by atoms with E-state index in [2.05, 4.69) is 144 Å². The van der Waals surface area contributed by atoms with E-state index in [0.29, 0.717) is 0 Å². The summed E-state index contributed by atoms with van der Waals surface area (Å²) in [6.07, 6.45) is 0. The van der Waals surface area contributed by atoms with Crippen LogP contribution in [0, 0.1) is 6.07 Å². The van der Waals surface area contributed by atoms with Gasteiger partial charge in [0, 0.05) is 0 Å². The molecule has 0 bridgehead atoms. The molecule has 0 unspecified atom stereocenters. The maximum atomic E-state index is 3.46. The van der Waals surface area contributed by atoms with Gasteiger partial charge in [-0.25, -0.2) is 0 Å². The second-order valence-electron chi connectivity index (χ2n) is 14.1. The van der Waals surface area contributed by atoms with Gasteiger partial charge in [0.05, 0.1) is 0 Å². The smallest absolute Gasteiger partial charge is 0.0132 e. The summed E-state index contributed by atoms with van der Waals surface area (Å²) in [5.41, 5.74) is 10.9. The third-order valence-electron chi connectivity index (χ3n) is 6.79. The fourth-order valence-electron chi connectivity index (χ4n) is 4.13. The van der Waals surface area contributed by atoms with Crippen LogP contribution in [0.5, 0.6) is 0 Å². The van der Waals surface area contributed by atoms with E-state index < -0.39 is 0 Å². The maximum absolute atomic E-state index is 3.46. The minimum absolute atomic E-state index is 0.0972. The molecule has 0 aliphatic rings. The van der Waals surface area contributed by atoms with Gasteiger partial charge in [0.1, 0.15) is 0 Å². The molecule has 0 spiro atoms. The van der Waals surface area contributed by atoms with E-state index in [9.17, 15) is 0 Å². The minimum atomic E-state index is 0.0972. The van der Waals surface area contributed by atoms with Gasteiger partial charge in [0.15, 0.2) is 0 Å². The average Bonchev–Trinajstić information content (AvgIpc) is 2.70. The van der Waals surface area contributed by atoms with Gasteiger partial charge in [0.25, 0.3) is 0 Å². The second kappa shape index (κ2) is 8.71. The van der Waals surface area contributed by atoms with Crippen LogP contribution in [0.25, 0.3) is 22.3 Å². The Labute approximate surface area is 209 Å². The molecular formula is C34H45. The fourth-order valence-corrected chi connectivity index (χ4v) is 4.13. The highest BCUT2D eigenvalue weighted by Crippen LogP contribution is 2.37. The van der Waals surface area contributed by atoms with Crippen molar-refractivity contribution in [2.45, 2.75) is 105 Å². The largest absolute Gasteiger partial charge is 0.0561 e. The molecule has 0 N–H and O–H groups in total. The summed E-state index contributed by atoms with van der Waals surface area (Å²) in [6.45, 7) is 27.6. The maximum Gasteiger partial charge on any atom is -0.0132 e. The van der Waals surface area contributed by atoms with Crippen molar-refractivity contribution in [2.75, 3.05) is 0 Å². The quantitative estimate of drug-likeness (QED) is 0.362. The number of benzene rings is 3. The van der Waals surface area contributed by atoms with Crippen molar-refractivity contribution in [3.05, 3.63) is 82.9 Å².